The first-order valence-electron chi connectivity index (χ1n) is 8.83. The lowest BCUT2D eigenvalue weighted by atomic mass is 10.0. The number of hydrogen-bond donors (Lipinski definition) is 3. The molecule has 0 amide bonds. The first-order chi connectivity index (χ1) is 12.7. The molecule has 0 spiro atoms. The van der Waals surface area contributed by atoms with E-state index in [4.69, 9.17) is 9.47 Å². The number of benzene rings is 2. The van der Waals surface area contributed by atoms with E-state index in [0.29, 0.717) is 18.9 Å². The van der Waals surface area contributed by atoms with Crippen LogP contribution in [0.3, 0.4) is 0 Å². The van der Waals surface area contributed by atoms with E-state index in [1.807, 2.05) is 31.2 Å². The summed E-state index contributed by atoms with van der Waals surface area (Å²) in [6, 6.07) is 13.6. The van der Waals surface area contributed by atoms with Crippen molar-refractivity contribution in [2.75, 3.05) is 20.3 Å². The van der Waals surface area contributed by atoms with Crippen molar-refractivity contribution in [2.45, 2.75) is 25.9 Å². The highest BCUT2D eigenvalue weighted by atomic mass is 16.5. The van der Waals surface area contributed by atoms with Gasteiger partial charge in [0.05, 0.1) is 26.3 Å². The molecule has 0 aliphatic carbocycles. The lowest BCUT2D eigenvalue weighted by molar-refractivity contribution is 0.261. The Morgan fingerprint density at radius 2 is 2.15 bits per heavy atom. The van der Waals surface area contributed by atoms with E-state index in [0.717, 1.165) is 35.8 Å². The Labute approximate surface area is 153 Å². The number of nitrogens with one attached hydrogen (secondary N) is 2. The zero-order valence-electron chi connectivity index (χ0n) is 15.2. The Bertz CT molecular complexity index is 777. The lowest BCUT2D eigenvalue weighted by Gasteiger charge is -2.28. The molecule has 3 rings (SSSR count). The van der Waals surface area contributed by atoms with Crippen LogP contribution < -0.4 is 20.1 Å². The Morgan fingerprint density at radius 3 is 2.92 bits per heavy atom. The maximum absolute atomic E-state index is 9.91. The van der Waals surface area contributed by atoms with E-state index in [2.05, 4.69) is 21.7 Å². The van der Waals surface area contributed by atoms with Crippen LogP contribution in [0.1, 0.15) is 30.5 Å². The zero-order chi connectivity index (χ0) is 18.4. The first kappa shape index (κ1) is 17.9. The molecule has 1 aliphatic rings. The molecule has 0 aromatic heterocycles. The number of fused-ring (bicyclic) bond motifs is 1. The number of rotatable bonds is 5. The van der Waals surface area contributed by atoms with Crippen molar-refractivity contribution < 1.29 is 14.6 Å². The lowest BCUT2D eigenvalue weighted by Crippen LogP contribution is -2.41. The quantitative estimate of drug-likeness (QED) is 0.568. The minimum absolute atomic E-state index is 0.122. The largest absolute Gasteiger partial charge is 0.504 e. The molecule has 0 fully saturated rings. The van der Waals surface area contributed by atoms with Gasteiger partial charge in [0.1, 0.15) is 5.75 Å². The maximum Gasteiger partial charge on any atom is 0.192 e. The third-order valence-corrected chi connectivity index (χ3v) is 4.28. The van der Waals surface area contributed by atoms with Gasteiger partial charge < -0.3 is 25.2 Å². The van der Waals surface area contributed by atoms with Crippen molar-refractivity contribution in [3.63, 3.8) is 0 Å². The van der Waals surface area contributed by atoms with Gasteiger partial charge in [-0.05, 0) is 30.7 Å². The van der Waals surface area contributed by atoms with Crippen LogP contribution in [0.4, 0.5) is 0 Å². The molecule has 0 radical (unpaired) electrons. The summed E-state index contributed by atoms with van der Waals surface area (Å²) in [5.74, 6) is 2.25. The summed E-state index contributed by atoms with van der Waals surface area (Å²) in [4.78, 5) is 4.65. The van der Waals surface area contributed by atoms with Gasteiger partial charge in [-0.3, -0.25) is 0 Å². The summed E-state index contributed by atoms with van der Waals surface area (Å²) < 4.78 is 10.8. The van der Waals surface area contributed by atoms with Gasteiger partial charge in [-0.15, -0.1) is 0 Å². The number of ether oxygens (including phenoxy) is 2. The summed E-state index contributed by atoms with van der Waals surface area (Å²) in [7, 11) is 1.53. The molecule has 138 valence electrons. The number of phenolic OH excluding ortho intramolecular Hbond substituents is 1. The van der Waals surface area contributed by atoms with Gasteiger partial charge in [0, 0.05) is 18.5 Å². The minimum Gasteiger partial charge on any atom is -0.504 e. The smallest absolute Gasteiger partial charge is 0.192 e. The molecule has 0 bridgehead atoms. The van der Waals surface area contributed by atoms with Crippen LogP contribution in [-0.4, -0.2) is 31.3 Å². The van der Waals surface area contributed by atoms with Crippen molar-refractivity contribution >= 4 is 5.96 Å². The van der Waals surface area contributed by atoms with Gasteiger partial charge in [-0.25, -0.2) is 4.99 Å². The average Bonchev–Trinajstić information content (AvgIpc) is 2.66. The van der Waals surface area contributed by atoms with Crippen LogP contribution in [0, 0.1) is 0 Å². The van der Waals surface area contributed by atoms with Crippen molar-refractivity contribution in [1.29, 1.82) is 0 Å². The topological polar surface area (TPSA) is 75.1 Å². The Morgan fingerprint density at radius 1 is 1.31 bits per heavy atom. The fourth-order valence-electron chi connectivity index (χ4n) is 2.98. The molecule has 0 saturated carbocycles. The normalized spacial score (nSPS) is 16.4. The van der Waals surface area contributed by atoms with Crippen molar-refractivity contribution in [2.24, 2.45) is 4.99 Å². The second kappa shape index (κ2) is 8.47. The van der Waals surface area contributed by atoms with Crippen LogP contribution in [-0.2, 0) is 6.54 Å². The average molecular weight is 355 g/mol. The SMILES string of the molecule is CCNC(=NCc1ccc(OC)c(O)c1)NC1CCOc2ccccc21. The van der Waals surface area contributed by atoms with E-state index < -0.39 is 0 Å². The highest BCUT2D eigenvalue weighted by molar-refractivity contribution is 5.80. The molecule has 26 heavy (non-hydrogen) atoms. The van der Waals surface area contributed by atoms with E-state index in [-0.39, 0.29) is 11.8 Å². The van der Waals surface area contributed by atoms with Crippen molar-refractivity contribution in [3.8, 4) is 17.2 Å². The molecular formula is C20H25N3O3. The van der Waals surface area contributed by atoms with E-state index >= 15 is 0 Å². The molecule has 2 aromatic carbocycles. The summed E-state index contributed by atoms with van der Waals surface area (Å²) >= 11 is 0. The highest BCUT2D eigenvalue weighted by Gasteiger charge is 2.21. The molecule has 6 heteroatoms. The van der Waals surface area contributed by atoms with Crippen LogP contribution in [0.2, 0.25) is 0 Å². The molecule has 1 heterocycles. The number of aromatic hydroxyl groups is 1. The van der Waals surface area contributed by atoms with Gasteiger partial charge in [0.25, 0.3) is 0 Å². The maximum atomic E-state index is 9.91. The molecule has 1 atom stereocenters. The number of guanidine groups is 1. The monoisotopic (exact) mass is 355 g/mol. The van der Waals surface area contributed by atoms with E-state index in [9.17, 15) is 5.11 Å². The summed E-state index contributed by atoms with van der Waals surface area (Å²) in [5.41, 5.74) is 2.05. The zero-order valence-corrected chi connectivity index (χ0v) is 15.2. The predicted octanol–water partition coefficient (Wildman–Crippen LogP) is 2.98. The number of nitrogens with zero attached hydrogens (tertiary/aromatic N) is 1. The molecular weight excluding hydrogens is 330 g/mol. The Hall–Kier alpha value is -2.89. The van der Waals surface area contributed by atoms with Gasteiger partial charge in [0.15, 0.2) is 17.5 Å². The van der Waals surface area contributed by atoms with Gasteiger partial charge in [-0.2, -0.15) is 0 Å². The molecule has 1 unspecified atom stereocenters. The molecule has 6 nitrogen and oxygen atoms in total. The molecule has 1 aliphatic heterocycles. The van der Waals surface area contributed by atoms with Crippen LogP contribution in [0.5, 0.6) is 17.2 Å². The standard InChI is InChI=1S/C20H25N3O3/c1-3-21-20(22-13-14-8-9-19(25-2)17(24)12-14)23-16-10-11-26-18-7-5-4-6-15(16)18/h4-9,12,16,24H,3,10-11,13H2,1-2H3,(H2,21,22,23). The third kappa shape index (κ3) is 4.20. The van der Waals surface area contributed by atoms with Gasteiger partial charge >= 0.3 is 0 Å². The number of para-hydroxylation sites is 1. The van der Waals surface area contributed by atoms with Crippen molar-refractivity contribution in [1.82, 2.24) is 10.6 Å². The molecule has 0 saturated heterocycles. The minimum atomic E-state index is 0.122. The van der Waals surface area contributed by atoms with Crippen LogP contribution in [0.25, 0.3) is 0 Å². The molecule has 2 aromatic rings. The second-order valence-electron chi connectivity index (χ2n) is 6.07. The summed E-state index contributed by atoms with van der Waals surface area (Å²) in [6.07, 6.45) is 0.880. The summed E-state index contributed by atoms with van der Waals surface area (Å²) in [6.45, 7) is 3.94. The van der Waals surface area contributed by atoms with E-state index in [1.165, 1.54) is 7.11 Å². The van der Waals surface area contributed by atoms with Crippen molar-refractivity contribution in [3.05, 3.63) is 53.6 Å². The fraction of sp³-hybridized carbons (Fsp3) is 0.350. The number of hydrogen-bond acceptors (Lipinski definition) is 4. The number of methoxy groups -OCH3 is 1. The predicted molar refractivity (Wildman–Crippen MR) is 102 cm³/mol. The number of aliphatic imine (C=N–C) groups is 1. The number of phenols is 1. The first-order valence-corrected chi connectivity index (χ1v) is 8.83. The second-order valence-corrected chi connectivity index (χ2v) is 6.07. The van der Waals surface area contributed by atoms with Gasteiger partial charge in [0.2, 0.25) is 0 Å². The highest BCUT2D eigenvalue weighted by Crippen LogP contribution is 2.31. The van der Waals surface area contributed by atoms with Crippen LogP contribution >= 0.6 is 0 Å². The van der Waals surface area contributed by atoms with Crippen LogP contribution in [0.15, 0.2) is 47.5 Å². The van der Waals surface area contributed by atoms with E-state index in [1.54, 1.807) is 12.1 Å². The Balaban J connectivity index is 1.73. The fourth-order valence-corrected chi connectivity index (χ4v) is 2.98. The Kier molecular flexibility index (Phi) is 5.84. The van der Waals surface area contributed by atoms with Gasteiger partial charge in [-0.1, -0.05) is 24.3 Å². The summed E-state index contributed by atoms with van der Waals surface area (Å²) in [5, 5.41) is 16.7. The third-order valence-electron chi connectivity index (χ3n) is 4.28. The molecule has 3 N–H and O–H groups in total.